The van der Waals surface area contributed by atoms with E-state index in [1.165, 1.54) is 0 Å². The quantitative estimate of drug-likeness (QED) is 0.716. The number of anilines is 3. The van der Waals surface area contributed by atoms with Gasteiger partial charge in [-0.15, -0.1) is 0 Å². The Morgan fingerprint density at radius 1 is 1.24 bits per heavy atom. The van der Waals surface area contributed by atoms with E-state index in [0.717, 1.165) is 28.7 Å². The molecule has 7 heteroatoms. The molecule has 0 bridgehead atoms. The number of aromatic nitrogens is 2. The predicted octanol–water partition coefficient (Wildman–Crippen LogP) is 5.42. The third-order valence-electron chi connectivity index (χ3n) is 2.78. The monoisotopic (exact) mass is 388 g/mol. The van der Waals surface area contributed by atoms with E-state index >= 15 is 0 Å². The molecule has 1 aromatic carbocycles. The van der Waals surface area contributed by atoms with Crippen LogP contribution in [-0.2, 0) is 0 Å². The average molecular weight is 390 g/mol. The van der Waals surface area contributed by atoms with Crippen LogP contribution >= 0.6 is 39.1 Å². The van der Waals surface area contributed by atoms with E-state index in [0.29, 0.717) is 21.8 Å². The Bertz CT molecular complexity index is 649. The molecule has 0 aliphatic heterocycles. The summed E-state index contributed by atoms with van der Waals surface area (Å²) in [5, 5.41) is 7.42. The molecule has 1 heterocycles. The molecule has 0 unspecified atom stereocenters. The van der Waals surface area contributed by atoms with Gasteiger partial charge in [0.05, 0.1) is 11.9 Å². The van der Waals surface area contributed by atoms with E-state index in [1.807, 2.05) is 19.1 Å². The van der Waals surface area contributed by atoms with Crippen molar-refractivity contribution in [1.29, 1.82) is 0 Å². The zero-order valence-corrected chi connectivity index (χ0v) is 14.8. The molecule has 21 heavy (non-hydrogen) atoms. The highest BCUT2D eigenvalue weighted by Crippen LogP contribution is 2.32. The number of hydrogen-bond donors (Lipinski definition) is 2. The highest BCUT2D eigenvalue weighted by atomic mass is 79.9. The Balaban J connectivity index is 2.28. The van der Waals surface area contributed by atoms with Crippen LogP contribution in [0.1, 0.15) is 18.9 Å². The number of rotatable bonds is 5. The van der Waals surface area contributed by atoms with Crippen LogP contribution in [0.5, 0.6) is 0 Å². The maximum atomic E-state index is 6.15. The smallest absolute Gasteiger partial charge is 0.224 e. The molecule has 112 valence electrons. The molecule has 0 amide bonds. The summed E-state index contributed by atoms with van der Waals surface area (Å²) in [5.41, 5.74) is 1.79. The number of halogens is 3. The molecule has 2 N–H and O–H groups in total. The summed E-state index contributed by atoms with van der Waals surface area (Å²) < 4.78 is 0.891. The molecule has 0 radical (unpaired) electrons. The van der Waals surface area contributed by atoms with Crippen molar-refractivity contribution in [2.75, 3.05) is 17.2 Å². The van der Waals surface area contributed by atoms with E-state index in [4.69, 9.17) is 23.2 Å². The Kier molecular flexibility index (Phi) is 5.67. The summed E-state index contributed by atoms with van der Waals surface area (Å²) in [6.07, 6.45) is 2.56. The lowest BCUT2D eigenvalue weighted by Gasteiger charge is -2.12. The van der Waals surface area contributed by atoms with Gasteiger partial charge in [-0.25, -0.2) is 4.98 Å². The van der Waals surface area contributed by atoms with Gasteiger partial charge in [0.15, 0.2) is 5.82 Å². The average Bonchev–Trinajstić information content (AvgIpc) is 2.45. The first-order valence-corrected chi connectivity index (χ1v) is 8.05. The molecule has 4 nitrogen and oxygen atoms in total. The van der Waals surface area contributed by atoms with Gasteiger partial charge in [0.2, 0.25) is 5.95 Å². The van der Waals surface area contributed by atoms with Crippen LogP contribution in [0.3, 0.4) is 0 Å². The standard InChI is InChI=1S/C14H15BrCl2N4/c1-3-4-18-14-19-7-11(17)13(21-14)20-12-6-10(16)8(2)5-9(12)15/h5-7H,3-4H2,1-2H3,(H2,18,19,20,21). The van der Waals surface area contributed by atoms with Crippen molar-refractivity contribution in [2.24, 2.45) is 0 Å². The van der Waals surface area contributed by atoms with Gasteiger partial charge in [-0.1, -0.05) is 30.1 Å². The van der Waals surface area contributed by atoms with Gasteiger partial charge in [0, 0.05) is 16.0 Å². The van der Waals surface area contributed by atoms with Crippen LogP contribution in [0.2, 0.25) is 10.0 Å². The topological polar surface area (TPSA) is 49.8 Å². The minimum absolute atomic E-state index is 0.445. The van der Waals surface area contributed by atoms with Crippen molar-refractivity contribution in [3.8, 4) is 0 Å². The molecular formula is C14H15BrCl2N4. The van der Waals surface area contributed by atoms with Crippen LogP contribution in [-0.4, -0.2) is 16.5 Å². The molecular weight excluding hydrogens is 375 g/mol. The Morgan fingerprint density at radius 3 is 2.71 bits per heavy atom. The molecule has 0 fully saturated rings. The molecule has 0 aliphatic carbocycles. The van der Waals surface area contributed by atoms with E-state index in [9.17, 15) is 0 Å². The molecule has 0 spiro atoms. The van der Waals surface area contributed by atoms with Crippen molar-refractivity contribution >= 4 is 56.6 Å². The molecule has 0 saturated carbocycles. The first-order valence-electron chi connectivity index (χ1n) is 6.50. The fourth-order valence-corrected chi connectivity index (χ4v) is 2.51. The van der Waals surface area contributed by atoms with Crippen LogP contribution in [0.25, 0.3) is 0 Å². The first-order chi connectivity index (χ1) is 10.0. The minimum Gasteiger partial charge on any atom is -0.354 e. The fraction of sp³-hybridized carbons (Fsp3) is 0.286. The van der Waals surface area contributed by atoms with Crippen LogP contribution < -0.4 is 10.6 Å². The molecule has 0 atom stereocenters. The highest BCUT2D eigenvalue weighted by Gasteiger charge is 2.09. The molecule has 2 rings (SSSR count). The minimum atomic E-state index is 0.445. The van der Waals surface area contributed by atoms with Crippen LogP contribution in [0.4, 0.5) is 17.5 Å². The van der Waals surface area contributed by atoms with Gasteiger partial charge in [-0.05, 0) is 47.0 Å². The Hall–Kier alpha value is -1.04. The summed E-state index contributed by atoms with van der Waals surface area (Å²) in [6, 6.07) is 3.77. The van der Waals surface area contributed by atoms with Crippen molar-refractivity contribution in [1.82, 2.24) is 9.97 Å². The predicted molar refractivity (Wildman–Crippen MR) is 93.0 cm³/mol. The van der Waals surface area contributed by atoms with E-state index in [2.05, 4.69) is 43.5 Å². The lowest BCUT2D eigenvalue weighted by molar-refractivity contribution is 0.953. The maximum Gasteiger partial charge on any atom is 0.224 e. The number of nitrogens with zero attached hydrogens (tertiary/aromatic N) is 2. The van der Waals surface area contributed by atoms with E-state index in [-0.39, 0.29) is 0 Å². The Labute approximate surface area is 142 Å². The molecule has 2 aromatic rings. The van der Waals surface area contributed by atoms with Crippen molar-refractivity contribution in [3.63, 3.8) is 0 Å². The summed E-state index contributed by atoms with van der Waals surface area (Å²) in [6.45, 7) is 4.83. The zero-order valence-electron chi connectivity index (χ0n) is 11.7. The van der Waals surface area contributed by atoms with Gasteiger partial charge in [0.25, 0.3) is 0 Å². The van der Waals surface area contributed by atoms with E-state index in [1.54, 1.807) is 6.20 Å². The van der Waals surface area contributed by atoms with Crippen LogP contribution in [0, 0.1) is 6.92 Å². The second-order valence-electron chi connectivity index (χ2n) is 4.52. The van der Waals surface area contributed by atoms with Crippen molar-refractivity contribution < 1.29 is 0 Å². The second-order valence-corrected chi connectivity index (χ2v) is 6.19. The summed E-state index contributed by atoms with van der Waals surface area (Å²) in [5.74, 6) is 1.07. The largest absolute Gasteiger partial charge is 0.354 e. The lowest BCUT2D eigenvalue weighted by atomic mass is 10.2. The van der Waals surface area contributed by atoms with Crippen molar-refractivity contribution in [2.45, 2.75) is 20.3 Å². The molecule has 1 aromatic heterocycles. The first kappa shape index (κ1) is 16.3. The van der Waals surface area contributed by atoms with Gasteiger partial charge >= 0.3 is 0 Å². The third-order valence-corrected chi connectivity index (χ3v) is 4.12. The van der Waals surface area contributed by atoms with Crippen molar-refractivity contribution in [3.05, 3.63) is 38.4 Å². The number of benzene rings is 1. The van der Waals surface area contributed by atoms with Gasteiger partial charge in [0.1, 0.15) is 5.02 Å². The number of hydrogen-bond acceptors (Lipinski definition) is 4. The van der Waals surface area contributed by atoms with E-state index < -0.39 is 0 Å². The van der Waals surface area contributed by atoms with Gasteiger partial charge < -0.3 is 10.6 Å². The van der Waals surface area contributed by atoms with Crippen LogP contribution in [0.15, 0.2) is 22.8 Å². The summed E-state index contributed by atoms with van der Waals surface area (Å²) >= 11 is 15.8. The summed E-state index contributed by atoms with van der Waals surface area (Å²) in [7, 11) is 0. The molecule has 0 aliphatic rings. The normalized spacial score (nSPS) is 10.5. The Morgan fingerprint density at radius 2 is 2.00 bits per heavy atom. The SMILES string of the molecule is CCCNc1ncc(Cl)c(Nc2cc(Cl)c(C)cc2Br)n1. The summed E-state index contributed by atoms with van der Waals surface area (Å²) in [4.78, 5) is 8.51. The van der Waals surface area contributed by atoms with Gasteiger partial charge in [-0.3, -0.25) is 0 Å². The molecule has 0 saturated heterocycles. The number of aryl methyl sites for hydroxylation is 1. The zero-order chi connectivity index (χ0) is 15.4. The number of nitrogens with one attached hydrogen (secondary N) is 2. The second kappa shape index (κ2) is 7.29. The lowest BCUT2D eigenvalue weighted by Crippen LogP contribution is -2.06. The highest BCUT2D eigenvalue weighted by molar-refractivity contribution is 9.10. The maximum absolute atomic E-state index is 6.15. The third kappa shape index (κ3) is 4.22. The van der Waals surface area contributed by atoms with Gasteiger partial charge in [-0.2, -0.15) is 4.98 Å². The fourth-order valence-electron chi connectivity index (χ4n) is 1.65.